The molecule has 0 atom stereocenters. The van der Waals surface area contributed by atoms with Gasteiger partial charge >= 0.3 is 0 Å². The minimum Gasteiger partial charge on any atom is -0.399 e. The van der Waals surface area contributed by atoms with Gasteiger partial charge in [0.1, 0.15) is 0 Å². The van der Waals surface area contributed by atoms with Crippen molar-refractivity contribution in [2.75, 3.05) is 17.2 Å². The minimum atomic E-state index is -3.36. The fraction of sp³-hybridized carbons (Fsp3) is 0.300. The lowest BCUT2D eigenvalue weighted by molar-refractivity contribution is 0.581. The van der Waals surface area contributed by atoms with Crippen LogP contribution in [0.3, 0.4) is 0 Å². The molecule has 10 heteroatoms. The molecule has 2 rings (SSSR count). The van der Waals surface area contributed by atoms with E-state index in [4.69, 9.17) is 5.73 Å². The molecule has 0 spiro atoms. The number of H-pyrrole nitrogens is 1. The van der Waals surface area contributed by atoms with Gasteiger partial charge in [-0.25, -0.2) is 13.1 Å². The number of tetrazole rings is 1. The van der Waals surface area contributed by atoms with E-state index in [9.17, 15) is 8.42 Å². The zero-order valence-electron chi connectivity index (χ0n) is 10.5. The minimum absolute atomic E-state index is 0.00428. The third-order valence-corrected chi connectivity index (χ3v) is 4.90. The van der Waals surface area contributed by atoms with Crippen LogP contribution in [-0.2, 0) is 16.6 Å². The zero-order chi connectivity index (χ0) is 14.4. The van der Waals surface area contributed by atoms with Crippen LogP contribution in [0.25, 0.3) is 0 Å². The maximum atomic E-state index is 11.7. The Morgan fingerprint density at radius 3 is 2.95 bits per heavy atom. The van der Waals surface area contributed by atoms with Crippen LogP contribution in [0, 0.1) is 0 Å². The molecule has 108 valence electrons. The number of nitrogens with two attached hydrogens (primary N) is 1. The Labute approximate surface area is 120 Å². The SMILES string of the molecule is Nc1cccc(SCCS(=O)(=O)NCc2nn[nH]n2)c1. The van der Waals surface area contributed by atoms with Crippen LogP contribution >= 0.6 is 11.8 Å². The molecule has 20 heavy (non-hydrogen) atoms. The van der Waals surface area contributed by atoms with E-state index in [1.165, 1.54) is 11.8 Å². The number of rotatable bonds is 7. The lowest BCUT2D eigenvalue weighted by Crippen LogP contribution is -2.27. The van der Waals surface area contributed by atoms with Gasteiger partial charge in [-0.2, -0.15) is 5.21 Å². The van der Waals surface area contributed by atoms with Crippen LogP contribution < -0.4 is 10.5 Å². The van der Waals surface area contributed by atoms with Crippen LogP contribution in [0.1, 0.15) is 5.82 Å². The van der Waals surface area contributed by atoms with Gasteiger partial charge in [-0.05, 0) is 18.2 Å². The van der Waals surface area contributed by atoms with Gasteiger partial charge in [-0.15, -0.1) is 22.0 Å². The molecule has 1 aromatic carbocycles. The first-order valence-electron chi connectivity index (χ1n) is 5.73. The van der Waals surface area contributed by atoms with Gasteiger partial charge in [-0.3, -0.25) is 0 Å². The average Bonchev–Trinajstić information content (AvgIpc) is 2.89. The highest BCUT2D eigenvalue weighted by Crippen LogP contribution is 2.20. The van der Waals surface area contributed by atoms with Crippen molar-refractivity contribution in [3.05, 3.63) is 30.1 Å². The average molecular weight is 314 g/mol. The highest BCUT2D eigenvalue weighted by molar-refractivity contribution is 8.00. The van der Waals surface area contributed by atoms with E-state index < -0.39 is 10.0 Å². The molecule has 0 saturated heterocycles. The number of aromatic nitrogens is 4. The predicted molar refractivity (Wildman–Crippen MR) is 76.4 cm³/mol. The van der Waals surface area contributed by atoms with Gasteiger partial charge in [0.05, 0.1) is 12.3 Å². The first-order valence-corrected chi connectivity index (χ1v) is 8.37. The molecule has 2 aromatic rings. The number of sulfonamides is 1. The molecule has 1 heterocycles. The summed E-state index contributed by atoms with van der Waals surface area (Å²) < 4.78 is 25.9. The van der Waals surface area contributed by atoms with Crippen molar-refractivity contribution in [3.63, 3.8) is 0 Å². The fourth-order valence-electron chi connectivity index (χ4n) is 1.38. The molecular weight excluding hydrogens is 300 g/mol. The van der Waals surface area contributed by atoms with E-state index >= 15 is 0 Å². The molecule has 4 N–H and O–H groups in total. The number of nitrogen functional groups attached to an aromatic ring is 1. The molecule has 0 aliphatic rings. The van der Waals surface area contributed by atoms with Crippen molar-refractivity contribution < 1.29 is 8.42 Å². The van der Waals surface area contributed by atoms with Gasteiger partial charge < -0.3 is 5.73 Å². The Bertz CT molecular complexity index is 644. The Kier molecular flexibility index (Phi) is 4.93. The van der Waals surface area contributed by atoms with Gasteiger partial charge in [0.25, 0.3) is 0 Å². The van der Waals surface area contributed by atoms with Crippen LogP contribution in [-0.4, -0.2) is 40.5 Å². The number of hydrogen-bond donors (Lipinski definition) is 3. The first kappa shape index (κ1) is 14.8. The molecule has 0 aliphatic heterocycles. The van der Waals surface area contributed by atoms with Gasteiger partial charge in [0, 0.05) is 16.3 Å². The molecule has 8 nitrogen and oxygen atoms in total. The van der Waals surface area contributed by atoms with Crippen molar-refractivity contribution in [1.29, 1.82) is 0 Å². The molecule has 0 aliphatic carbocycles. The molecular formula is C10H14N6O2S2. The highest BCUT2D eigenvalue weighted by Gasteiger charge is 2.11. The molecule has 0 saturated carbocycles. The van der Waals surface area contributed by atoms with Crippen LogP contribution in [0.5, 0.6) is 0 Å². The van der Waals surface area contributed by atoms with Crippen LogP contribution in [0.4, 0.5) is 5.69 Å². The number of hydrogen-bond acceptors (Lipinski definition) is 7. The summed E-state index contributed by atoms with van der Waals surface area (Å²) in [5.74, 6) is 0.743. The standard InChI is InChI=1S/C10H14N6O2S2/c11-8-2-1-3-9(6-8)19-4-5-20(17,18)12-7-10-13-15-16-14-10/h1-3,6,12H,4-5,7,11H2,(H,13,14,15,16). The van der Waals surface area contributed by atoms with Crippen molar-refractivity contribution in [2.24, 2.45) is 0 Å². The lowest BCUT2D eigenvalue weighted by atomic mass is 10.3. The van der Waals surface area contributed by atoms with E-state index in [0.29, 0.717) is 17.3 Å². The molecule has 1 aromatic heterocycles. The normalized spacial score (nSPS) is 11.6. The fourth-order valence-corrected chi connectivity index (χ4v) is 3.71. The first-order chi connectivity index (χ1) is 9.55. The Morgan fingerprint density at radius 1 is 1.40 bits per heavy atom. The monoisotopic (exact) mass is 314 g/mol. The second kappa shape index (κ2) is 6.68. The van der Waals surface area contributed by atoms with Crippen LogP contribution in [0.2, 0.25) is 0 Å². The lowest BCUT2D eigenvalue weighted by Gasteiger charge is -2.05. The van der Waals surface area contributed by atoms with E-state index in [-0.39, 0.29) is 12.3 Å². The van der Waals surface area contributed by atoms with Crippen LogP contribution in [0.15, 0.2) is 29.2 Å². The third-order valence-electron chi connectivity index (χ3n) is 2.32. The molecule has 0 radical (unpaired) electrons. The van der Waals surface area contributed by atoms with E-state index in [0.717, 1.165) is 4.90 Å². The Hall–Kier alpha value is -1.65. The largest absolute Gasteiger partial charge is 0.399 e. The van der Waals surface area contributed by atoms with Gasteiger partial charge in [0.15, 0.2) is 5.82 Å². The summed E-state index contributed by atoms with van der Waals surface area (Å²) in [5.41, 5.74) is 6.31. The zero-order valence-corrected chi connectivity index (χ0v) is 12.1. The number of aromatic amines is 1. The van der Waals surface area contributed by atoms with E-state index in [1.54, 1.807) is 6.07 Å². The third kappa shape index (κ3) is 4.79. The quantitative estimate of drug-likeness (QED) is 0.484. The van der Waals surface area contributed by atoms with Crippen molar-refractivity contribution in [2.45, 2.75) is 11.4 Å². The number of nitrogens with zero attached hydrogens (tertiary/aromatic N) is 3. The highest BCUT2D eigenvalue weighted by atomic mass is 32.2. The molecule has 0 fully saturated rings. The van der Waals surface area contributed by atoms with E-state index in [1.807, 2.05) is 18.2 Å². The van der Waals surface area contributed by atoms with Crippen molar-refractivity contribution in [3.8, 4) is 0 Å². The maximum Gasteiger partial charge on any atom is 0.212 e. The summed E-state index contributed by atoms with van der Waals surface area (Å²) in [4.78, 5) is 0.943. The Morgan fingerprint density at radius 2 is 2.25 bits per heavy atom. The van der Waals surface area contributed by atoms with Gasteiger partial charge in [0.2, 0.25) is 10.0 Å². The topological polar surface area (TPSA) is 127 Å². The molecule has 0 amide bonds. The second-order valence-corrected chi connectivity index (χ2v) is 6.98. The van der Waals surface area contributed by atoms with Crippen molar-refractivity contribution >= 4 is 27.5 Å². The smallest absolute Gasteiger partial charge is 0.212 e. The Balaban J connectivity index is 1.77. The second-order valence-electron chi connectivity index (χ2n) is 3.89. The maximum absolute atomic E-state index is 11.7. The molecule has 0 unspecified atom stereocenters. The number of benzene rings is 1. The summed E-state index contributed by atoms with van der Waals surface area (Å²) in [6.07, 6.45) is 0. The summed E-state index contributed by atoms with van der Waals surface area (Å²) in [6.45, 7) is 0.0295. The van der Waals surface area contributed by atoms with E-state index in [2.05, 4.69) is 25.3 Å². The summed E-state index contributed by atoms with van der Waals surface area (Å²) in [7, 11) is -3.36. The van der Waals surface area contributed by atoms with Crippen molar-refractivity contribution in [1.82, 2.24) is 25.3 Å². The van der Waals surface area contributed by atoms with Gasteiger partial charge in [-0.1, -0.05) is 11.3 Å². The predicted octanol–water partition coefficient (Wildman–Crippen LogP) is -0.00640. The summed E-state index contributed by atoms with van der Waals surface area (Å²) >= 11 is 1.44. The summed E-state index contributed by atoms with van der Waals surface area (Å²) in [6, 6.07) is 7.32. The number of thioether (sulfide) groups is 1. The number of nitrogens with one attached hydrogen (secondary N) is 2. The molecule has 0 bridgehead atoms. The summed E-state index contributed by atoms with van der Waals surface area (Å²) in [5, 5.41) is 12.9. The number of anilines is 1.